The Morgan fingerprint density at radius 2 is 1.97 bits per heavy atom. The highest BCUT2D eigenvalue weighted by atomic mass is 32.2. The van der Waals surface area contributed by atoms with Crippen LogP contribution in [0.15, 0.2) is 57.8 Å². The third kappa shape index (κ3) is 5.18. The van der Waals surface area contributed by atoms with Gasteiger partial charge in [0.25, 0.3) is 5.56 Å². The molecule has 0 aliphatic heterocycles. The maximum absolute atomic E-state index is 12.3. The van der Waals surface area contributed by atoms with Gasteiger partial charge in [0.05, 0.1) is 24.1 Å². The predicted molar refractivity (Wildman–Crippen MR) is 126 cm³/mol. The molecule has 0 unspecified atom stereocenters. The lowest BCUT2D eigenvalue weighted by Crippen LogP contribution is -2.21. The third-order valence-corrected chi connectivity index (χ3v) is 6.50. The molecule has 3 aromatic heterocycles. The molecule has 4 aromatic rings. The number of ether oxygens (including phenoxy) is 1. The molecule has 0 spiro atoms. The van der Waals surface area contributed by atoms with Crippen LogP contribution in [0.2, 0.25) is 0 Å². The van der Waals surface area contributed by atoms with Crippen LogP contribution in [0.4, 0.5) is 15.6 Å². The molecule has 3 heterocycles. The number of anilines is 2. The zero-order valence-corrected chi connectivity index (χ0v) is 19.2. The first-order valence-corrected chi connectivity index (χ1v) is 11.4. The summed E-state index contributed by atoms with van der Waals surface area (Å²) >= 11 is 2.54. The molecule has 0 radical (unpaired) electrons. The Hall–Kier alpha value is -3.77. The van der Waals surface area contributed by atoms with Crippen molar-refractivity contribution in [3.63, 3.8) is 0 Å². The number of benzene rings is 1. The van der Waals surface area contributed by atoms with Gasteiger partial charge in [-0.2, -0.15) is 0 Å². The number of pyridine rings is 1. The van der Waals surface area contributed by atoms with Gasteiger partial charge in [0.2, 0.25) is 5.13 Å². The summed E-state index contributed by atoms with van der Waals surface area (Å²) in [5.41, 5.74) is 2.54. The summed E-state index contributed by atoms with van der Waals surface area (Å²) in [7, 11) is 1.27. The van der Waals surface area contributed by atoms with E-state index >= 15 is 0 Å². The smallest absolute Gasteiger partial charge is 0.339 e. The van der Waals surface area contributed by atoms with E-state index in [4.69, 9.17) is 4.74 Å². The minimum absolute atomic E-state index is 0.150. The maximum atomic E-state index is 12.3. The zero-order valence-electron chi connectivity index (χ0n) is 17.6. The number of esters is 1. The fraction of sp³-hybridized carbons (Fsp3) is 0.143. The van der Waals surface area contributed by atoms with Crippen LogP contribution in [-0.2, 0) is 10.5 Å². The molecule has 0 bridgehead atoms. The maximum Gasteiger partial charge on any atom is 0.339 e. The number of nitrogens with one attached hydrogen (secondary N) is 2. The van der Waals surface area contributed by atoms with Crippen LogP contribution in [0.3, 0.4) is 0 Å². The Bertz CT molecular complexity index is 1400. The number of hydrogen-bond acceptors (Lipinski definition) is 9. The van der Waals surface area contributed by atoms with E-state index in [0.29, 0.717) is 27.1 Å². The first-order chi connectivity index (χ1) is 15.9. The van der Waals surface area contributed by atoms with Gasteiger partial charge in [-0.3, -0.25) is 14.5 Å². The molecule has 168 valence electrons. The summed E-state index contributed by atoms with van der Waals surface area (Å²) in [4.78, 5) is 41.1. The molecular weight excluding hydrogens is 464 g/mol. The number of para-hydroxylation sites is 1. The van der Waals surface area contributed by atoms with E-state index in [0.717, 1.165) is 5.56 Å². The highest BCUT2D eigenvalue weighted by molar-refractivity contribution is 8.00. The van der Waals surface area contributed by atoms with Gasteiger partial charge in [-0.15, -0.1) is 10.2 Å². The molecule has 33 heavy (non-hydrogen) atoms. The van der Waals surface area contributed by atoms with Gasteiger partial charge in [0.1, 0.15) is 5.65 Å². The number of hydrogen-bond donors (Lipinski definition) is 2. The van der Waals surface area contributed by atoms with Gasteiger partial charge < -0.3 is 10.1 Å². The molecule has 0 saturated heterocycles. The van der Waals surface area contributed by atoms with Crippen molar-refractivity contribution >= 4 is 51.6 Å². The van der Waals surface area contributed by atoms with E-state index in [-0.39, 0.29) is 16.3 Å². The predicted octanol–water partition coefficient (Wildman–Crippen LogP) is 3.58. The van der Waals surface area contributed by atoms with Crippen LogP contribution in [0.25, 0.3) is 5.65 Å². The van der Waals surface area contributed by atoms with Crippen LogP contribution in [0.5, 0.6) is 0 Å². The van der Waals surface area contributed by atoms with Gasteiger partial charge in [-0.05, 0) is 30.7 Å². The number of carbonyl (C=O) groups is 2. The van der Waals surface area contributed by atoms with E-state index in [1.807, 2.05) is 13.0 Å². The summed E-state index contributed by atoms with van der Waals surface area (Å²) in [6, 6.07) is 11.1. The van der Waals surface area contributed by atoms with Crippen LogP contribution in [0, 0.1) is 6.92 Å². The number of urea groups is 1. The fourth-order valence-electron chi connectivity index (χ4n) is 2.97. The van der Waals surface area contributed by atoms with E-state index < -0.39 is 12.0 Å². The van der Waals surface area contributed by atoms with E-state index in [1.165, 1.54) is 40.7 Å². The second kappa shape index (κ2) is 9.79. The van der Waals surface area contributed by atoms with Gasteiger partial charge in [0.15, 0.2) is 4.34 Å². The summed E-state index contributed by atoms with van der Waals surface area (Å²) in [6.45, 7) is 1.90. The number of carbonyl (C=O) groups excluding carboxylic acids is 2. The van der Waals surface area contributed by atoms with Gasteiger partial charge in [-0.1, -0.05) is 41.3 Å². The monoisotopic (exact) mass is 482 g/mol. The lowest BCUT2D eigenvalue weighted by atomic mass is 10.2. The number of thioether (sulfide) groups is 1. The lowest BCUT2D eigenvalue weighted by molar-refractivity contribution is 0.0602. The van der Waals surface area contributed by atoms with Crippen molar-refractivity contribution in [2.24, 2.45) is 0 Å². The SMILES string of the molecule is COC(=O)c1ccccc1NC(=O)Nc1nnc(SCc2cc(=O)n3cccc(C)c3n2)s1. The summed E-state index contributed by atoms with van der Waals surface area (Å²) in [5.74, 6) is -0.134. The Morgan fingerprint density at radius 1 is 1.15 bits per heavy atom. The number of aromatic nitrogens is 4. The molecule has 12 heteroatoms. The van der Waals surface area contributed by atoms with E-state index in [1.54, 1.807) is 36.5 Å². The Kier molecular flexibility index (Phi) is 6.66. The number of amides is 2. The van der Waals surface area contributed by atoms with Crippen LogP contribution < -0.4 is 16.2 Å². The minimum atomic E-state index is -0.571. The second-order valence-corrected chi connectivity index (χ2v) is 8.95. The number of nitrogens with zero attached hydrogens (tertiary/aromatic N) is 4. The Morgan fingerprint density at radius 3 is 2.79 bits per heavy atom. The average molecular weight is 483 g/mol. The molecule has 2 amide bonds. The Labute approximate surface area is 196 Å². The van der Waals surface area contributed by atoms with Gasteiger partial charge in [-0.25, -0.2) is 14.6 Å². The molecule has 0 saturated carbocycles. The molecule has 10 nitrogen and oxygen atoms in total. The Balaban J connectivity index is 1.40. The van der Waals surface area contributed by atoms with Crippen molar-refractivity contribution in [1.29, 1.82) is 0 Å². The largest absolute Gasteiger partial charge is 0.465 e. The van der Waals surface area contributed by atoms with E-state index in [9.17, 15) is 14.4 Å². The number of fused-ring (bicyclic) bond motifs is 1. The van der Waals surface area contributed by atoms with Crippen molar-refractivity contribution < 1.29 is 14.3 Å². The van der Waals surface area contributed by atoms with Crippen molar-refractivity contribution in [3.05, 3.63) is 75.8 Å². The highest BCUT2D eigenvalue weighted by Gasteiger charge is 2.15. The number of methoxy groups -OCH3 is 1. The van der Waals surface area contributed by atoms with Crippen molar-refractivity contribution in [3.8, 4) is 0 Å². The molecule has 2 N–H and O–H groups in total. The molecular formula is C21H18N6O4S2. The topological polar surface area (TPSA) is 128 Å². The quantitative estimate of drug-likeness (QED) is 0.243. The summed E-state index contributed by atoms with van der Waals surface area (Å²) in [5, 5.41) is 13.5. The average Bonchev–Trinajstić information content (AvgIpc) is 3.25. The highest BCUT2D eigenvalue weighted by Crippen LogP contribution is 2.28. The van der Waals surface area contributed by atoms with Crippen molar-refractivity contribution in [2.75, 3.05) is 17.7 Å². The molecule has 0 fully saturated rings. The minimum Gasteiger partial charge on any atom is -0.465 e. The molecule has 0 aliphatic carbocycles. The summed E-state index contributed by atoms with van der Waals surface area (Å²) in [6.07, 6.45) is 1.69. The van der Waals surface area contributed by atoms with Gasteiger partial charge in [0, 0.05) is 18.0 Å². The number of rotatable bonds is 6. The number of aryl methyl sites for hydroxylation is 1. The van der Waals surface area contributed by atoms with Crippen LogP contribution in [0.1, 0.15) is 21.6 Å². The molecule has 1 aromatic carbocycles. The standard InChI is InChI=1S/C21H18N6O4S2/c1-12-6-5-9-27-16(28)10-13(22-17(12)27)11-32-21-26-25-20(33-21)24-19(30)23-15-8-4-3-7-14(15)18(29)31-2/h3-10H,11H2,1-2H3,(H2,23,24,25,30). The van der Waals surface area contributed by atoms with Crippen LogP contribution in [-0.4, -0.2) is 38.7 Å². The van der Waals surface area contributed by atoms with Crippen LogP contribution >= 0.6 is 23.1 Å². The zero-order chi connectivity index (χ0) is 23.4. The van der Waals surface area contributed by atoms with E-state index in [2.05, 4.69) is 25.8 Å². The first-order valence-electron chi connectivity index (χ1n) is 9.64. The molecule has 4 rings (SSSR count). The fourth-order valence-corrected chi connectivity index (χ4v) is 4.61. The summed E-state index contributed by atoms with van der Waals surface area (Å²) < 4.78 is 6.83. The molecule has 0 atom stereocenters. The molecule has 0 aliphatic rings. The normalized spacial score (nSPS) is 10.7. The third-order valence-electron chi connectivity index (χ3n) is 4.49. The van der Waals surface area contributed by atoms with Gasteiger partial charge >= 0.3 is 12.0 Å². The van der Waals surface area contributed by atoms with Crippen molar-refractivity contribution in [2.45, 2.75) is 17.0 Å². The lowest BCUT2D eigenvalue weighted by Gasteiger charge is -2.09. The van der Waals surface area contributed by atoms with Crippen molar-refractivity contribution in [1.82, 2.24) is 19.6 Å². The second-order valence-electron chi connectivity index (χ2n) is 6.75. The first kappa shape index (κ1) is 22.4.